The van der Waals surface area contributed by atoms with Crippen LogP contribution in [0.25, 0.3) is 11.1 Å². The molecule has 0 aromatic heterocycles. The Morgan fingerprint density at radius 3 is 2.11 bits per heavy atom. The highest BCUT2D eigenvalue weighted by molar-refractivity contribution is 6.33. The molecule has 0 fully saturated rings. The first-order chi connectivity index (χ1) is 8.49. The predicted octanol–water partition coefficient (Wildman–Crippen LogP) is 4.64. The lowest BCUT2D eigenvalue weighted by molar-refractivity contribution is 0.818. The molecule has 2 heteroatoms. The van der Waals surface area contributed by atoms with Gasteiger partial charge in [-0.05, 0) is 55.2 Å². The molecule has 2 aromatic rings. The van der Waals surface area contributed by atoms with Crippen molar-refractivity contribution in [3.05, 3.63) is 58.1 Å². The van der Waals surface area contributed by atoms with Gasteiger partial charge in [0.05, 0.1) is 0 Å². The zero-order chi connectivity index (χ0) is 13.3. The topological polar surface area (TPSA) is 26.0 Å². The fraction of sp³-hybridized carbons (Fsp3) is 0.250. The van der Waals surface area contributed by atoms with Crippen molar-refractivity contribution in [1.29, 1.82) is 0 Å². The van der Waals surface area contributed by atoms with Crippen LogP contribution in [0, 0.1) is 13.8 Å². The summed E-state index contributed by atoms with van der Waals surface area (Å²) in [4.78, 5) is 0. The van der Waals surface area contributed by atoms with Crippen LogP contribution in [0.1, 0.15) is 29.7 Å². The van der Waals surface area contributed by atoms with Crippen LogP contribution < -0.4 is 5.73 Å². The second-order valence-electron chi connectivity index (χ2n) is 4.83. The van der Waals surface area contributed by atoms with Crippen molar-refractivity contribution >= 4 is 11.6 Å². The van der Waals surface area contributed by atoms with E-state index in [1.165, 1.54) is 11.1 Å². The van der Waals surface area contributed by atoms with E-state index in [0.29, 0.717) is 0 Å². The smallest absolute Gasteiger partial charge is 0.0487 e. The lowest BCUT2D eigenvalue weighted by atomic mass is 9.98. The van der Waals surface area contributed by atoms with Crippen LogP contribution >= 0.6 is 11.6 Å². The van der Waals surface area contributed by atoms with Gasteiger partial charge in [-0.15, -0.1) is 0 Å². The highest BCUT2D eigenvalue weighted by atomic mass is 35.5. The van der Waals surface area contributed by atoms with Crippen molar-refractivity contribution in [3.8, 4) is 11.1 Å². The maximum absolute atomic E-state index is 6.31. The summed E-state index contributed by atoms with van der Waals surface area (Å²) in [7, 11) is 0. The van der Waals surface area contributed by atoms with Crippen LogP contribution in [0.3, 0.4) is 0 Å². The maximum Gasteiger partial charge on any atom is 0.0487 e. The van der Waals surface area contributed by atoms with E-state index in [1.54, 1.807) is 0 Å². The van der Waals surface area contributed by atoms with Crippen molar-refractivity contribution in [2.24, 2.45) is 5.73 Å². The average Bonchev–Trinajstić information content (AvgIpc) is 2.34. The molecule has 0 radical (unpaired) electrons. The van der Waals surface area contributed by atoms with Gasteiger partial charge in [0.2, 0.25) is 0 Å². The minimum atomic E-state index is 0.0641. The van der Waals surface area contributed by atoms with Crippen molar-refractivity contribution in [2.75, 3.05) is 0 Å². The third-order valence-electron chi connectivity index (χ3n) is 3.33. The lowest BCUT2D eigenvalue weighted by Gasteiger charge is -2.10. The number of hydrogen-bond acceptors (Lipinski definition) is 1. The number of benzene rings is 2. The van der Waals surface area contributed by atoms with Crippen molar-refractivity contribution in [2.45, 2.75) is 26.8 Å². The molecular formula is C16H18ClN. The first-order valence-electron chi connectivity index (χ1n) is 6.11. The van der Waals surface area contributed by atoms with E-state index >= 15 is 0 Å². The van der Waals surface area contributed by atoms with Crippen LogP contribution in [0.4, 0.5) is 0 Å². The van der Waals surface area contributed by atoms with Crippen LogP contribution in [0.2, 0.25) is 5.02 Å². The van der Waals surface area contributed by atoms with E-state index in [-0.39, 0.29) is 6.04 Å². The highest BCUT2D eigenvalue weighted by Crippen LogP contribution is 2.31. The zero-order valence-electron chi connectivity index (χ0n) is 11.0. The number of hydrogen-bond donors (Lipinski definition) is 1. The fourth-order valence-electron chi connectivity index (χ4n) is 1.97. The molecular weight excluding hydrogens is 242 g/mol. The molecule has 2 rings (SSSR count). The van der Waals surface area contributed by atoms with E-state index in [4.69, 9.17) is 17.3 Å². The van der Waals surface area contributed by atoms with Crippen LogP contribution in [-0.2, 0) is 0 Å². The molecule has 0 saturated heterocycles. The Hall–Kier alpha value is -1.31. The van der Waals surface area contributed by atoms with E-state index in [1.807, 2.05) is 13.0 Å². The lowest BCUT2D eigenvalue weighted by Crippen LogP contribution is -2.04. The van der Waals surface area contributed by atoms with E-state index in [9.17, 15) is 0 Å². The second kappa shape index (κ2) is 5.13. The minimum absolute atomic E-state index is 0.0641. The standard InChI is InChI=1S/C16H18ClN/c1-10-8-15(16(17)9-11(10)2)14-6-4-13(5-7-14)12(3)18/h4-9,12H,18H2,1-3H3. The number of nitrogens with two attached hydrogens (primary N) is 1. The van der Waals surface area contributed by atoms with Gasteiger partial charge in [-0.25, -0.2) is 0 Å². The molecule has 94 valence electrons. The maximum atomic E-state index is 6.31. The third-order valence-corrected chi connectivity index (χ3v) is 3.64. The van der Waals surface area contributed by atoms with Crippen molar-refractivity contribution in [3.63, 3.8) is 0 Å². The molecule has 18 heavy (non-hydrogen) atoms. The normalized spacial score (nSPS) is 12.5. The largest absolute Gasteiger partial charge is 0.324 e. The molecule has 1 unspecified atom stereocenters. The molecule has 0 heterocycles. The first-order valence-corrected chi connectivity index (χ1v) is 6.49. The van der Waals surface area contributed by atoms with Gasteiger partial charge in [0.25, 0.3) is 0 Å². The Kier molecular flexibility index (Phi) is 3.74. The molecule has 1 atom stereocenters. The first kappa shape index (κ1) is 13.1. The summed E-state index contributed by atoms with van der Waals surface area (Å²) >= 11 is 6.31. The fourth-order valence-corrected chi connectivity index (χ4v) is 2.30. The Morgan fingerprint density at radius 1 is 1.00 bits per heavy atom. The molecule has 0 amide bonds. The summed E-state index contributed by atoms with van der Waals surface area (Å²) in [6.07, 6.45) is 0. The molecule has 0 aliphatic rings. The summed E-state index contributed by atoms with van der Waals surface area (Å²) in [5, 5.41) is 0.798. The van der Waals surface area contributed by atoms with Crippen molar-refractivity contribution in [1.82, 2.24) is 0 Å². The molecule has 2 aromatic carbocycles. The zero-order valence-corrected chi connectivity index (χ0v) is 11.8. The SMILES string of the molecule is Cc1cc(Cl)c(-c2ccc(C(C)N)cc2)cc1C. The van der Waals surface area contributed by atoms with Gasteiger partial charge in [0.15, 0.2) is 0 Å². The van der Waals surface area contributed by atoms with E-state index in [2.05, 4.69) is 44.2 Å². The number of halogens is 1. The van der Waals surface area contributed by atoms with Gasteiger partial charge >= 0.3 is 0 Å². The molecule has 0 bridgehead atoms. The van der Waals surface area contributed by atoms with Crippen molar-refractivity contribution < 1.29 is 0 Å². The van der Waals surface area contributed by atoms with Gasteiger partial charge < -0.3 is 5.73 Å². The second-order valence-corrected chi connectivity index (χ2v) is 5.23. The van der Waals surface area contributed by atoms with Gasteiger partial charge in [-0.3, -0.25) is 0 Å². The number of aryl methyl sites for hydroxylation is 2. The Morgan fingerprint density at radius 2 is 1.56 bits per heavy atom. The Labute approximate surface area is 114 Å². The summed E-state index contributed by atoms with van der Waals surface area (Å²) in [6.45, 7) is 6.16. The summed E-state index contributed by atoms with van der Waals surface area (Å²) in [6, 6.07) is 12.5. The molecule has 2 N–H and O–H groups in total. The molecule has 0 saturated carbocycles. The Bertz CT molecular complexity index is 556. The van der Waals surface area contributed by atoms with Crippen LogP contribution in [0.15, 0.2) is 36.4 Å². The monoisotopic (exact) mass is 259 g/mol. The third kappa shape index (κ3) is 2.58. The average molecular weight is 260 g/mol. The van der Waals surface area contributed by atoms with Crippen LogP contribution in [-0.4, -0.2) is 0 Å². The minimum Gasteiger partial charge on any atom is -0.324 e. The van der Waals surface area contributed by atoms with E-state index in [0.717, 1.165) is 21.7 Å². The van der Waals surface area contributed by atoms with E-state index < -0.39 is 0 Å². The van der Waals surface area contributed by atoms with Gasteiger partial charge in [0, 0.05) is 16.6 Å². The molecule has 0 aliphatic heterocycles. The molecule has 0 aliphatic carbocycles. The predicted molar refractivity (Wildman–Crippen MR) is 79.0 cm³/mol. The summed E-state index contributed by atoms with van der Waals surface area (Å²) in [5.74, 6) is 0. The quantitative estimate of drug-likeness (QED) is 0.835. The summed E-state index contributed by atoms with van der Waals surface area (Å²) in [5.41, 5.74) is 11.7. The number of rotatable bonds is 2. The molecule has 1 nitrogen and oxygen atoms in total. The van der Waals surface area contributed by atoms with Crippen LogP contribution in [0.5, 0.6) is 0 Å². The van der Waals surface area contributed by atoms with Gasteiger partial charge in [-0.2, -0.15) is 0 Å². The molecule has 0 spiro atoms. The Balaban J connectivity index is 2.46. The van der Waals surface area contributed by atoms with Gasteiger partial charge in [0.1, 0.15) is 0 Å². The summed E-state index contributed by atoms with van der Waals surface area (Å²) < 4.78 is 0. The highest BCUT2D eigenvalue weighted by Gasteiger charge is 2.07. The van der Waals surface area contributed by atoms with Gasteiger partial charge in [-0.1, -0.05) is 35.9 Å².